The predicted molar refractivity (Wildman–Crippen MR) is 167 cm³/mol. The second-order valence-corrected chi connectivity index (χ2v) is 9.46. The van der Waals surface area contributed by atoms with Crippen LogP contribution < -0.4 is 0 Å². The molecule has 9 rings (SSSR count). The molecule has 0 bridgehead atoms. The lowest BCUT2D eigenvalue weighted by atomic mass is 9.84. The highest BCUT2D eigenvalue weighted by molar-refractivity contribution is 6.28. The van der Waals surface area contributed by atoms with Crippen molar-refractivity contribution in [2.75, 3.05) is 0 Å². The molecule has 0 aliphatic carbocycles. The summed E-state index contributed by atoms with van der Waals surface area (Å²) in [5.41, 5.74) is 1.30. The van der Waals surface area contributed by atoms with Crippen molar-refractivity contribution in [2.45, 2.75) is 0 Å². The van der Waals surface area contributed by atoms with Gasteiger partial charge < -0.3 is 8.83 Å². The summed E-state index contributed by atoms with van der Waals surface area (Å²) in [4.78, 5) is 0. The summed E-state index contributed by atoms with van der Waals surface area (Å²) in [6.45, 7) is 0. The van der Waals surface area contributed by atoms with Crippen LogP contribution in [-0.4, -0.2) is 0 Å². The third-order valence-corrected chi connectivity index (χ3v) is 7.44. The molecule has 7 aromatic carbocycles. The van der Waals surface area contributed by atoms with Gasteiger partial charge >= 0.3 is 0 Å². The van der Waals surface area contributed by atoms with Gasteiger partial charge in [-0.1, -0.05) is 109 Å². The topological polar surface area (TPSA) is 26.3 Å². The molecular weight excluding hydrogens is 488 g/mol. The molecule has 2 aromatic heterocycles. The molecule has 0 saturated carbocycles. The molecule has 2 heteroatoms. The van der Waals surface area contributed by atoms with E-state index < -0.39 is 78.6 Å². The average Bonchev–Trinajstić information content (AvgIpc) is 3.77. The molecule has 0 unspecified atom stereocenters. The standard InChI is InChI=1S/C38H22O2/c1-2-12-24-23(10-1)11-9-18-25(24)35-26-13-3-5-15-28(26)36(29-16-6-4-14-27(29)35)32-22-34-31(20-21-39-34)37-30-17-7-8-19-33(30)40-38(32)37/h1-22H/i1D,2D,3D,4D,5D,6D,9D,10D,11D,13D,15D,16D,18D. The van der Waals surface area contributed by atoms with Crippen LogP contribution in [0.15, 0.2) is 142 Å². The van der Waals surface area contributed by atoms with E-state index in [9.17, 15) is 5.48 Å². The molecule has 2 heterocycles. The lowest BCUT2D eigenvalue weighted by Gasteiger charge is -2.19. The Morgan fingerprint density at radius 3 is 2.05 bits per heavy atom. The average molecular weight is 524 g/mol. The molecule has 0 radical (unpaired) electrons. The van der Waals surface area contributed by atoms with E-state index in [1.165, 1.54) is 18.4 Å². The molecular formula is C38H22O2. The number of furan rings is 2. The maximum absolute atomic E-state index is 9.37. The molecule has 0 aliphatic heterocycles. The van der Waals surface area contributed by atoms with Gasteiger partial charge in [0.2, 0.25) is 0 Å². The highest BCUT2D eigenvalue weighted by atomic mass is 16.3. The van der Waals surface area contributed by atoms with Crippen LogP contribution >= 0.6 is 0 Å². The predicted octanol–water partition coefficient (Wildman–Crippen LogP) is 11.1. The summed E-state index contributed by atoms with van der Waals surface area (Å²) in [5.74, 6) is 0. The quantitative estimate of drug-likeness (QED) is 0.211. The number of hydrogen-bond acceptors (Lipinski definition) is 2. The monoisotopic (exact) mass is 523 g/mol. The fourth-order valence-electron chi connectivity index (χ4n) is 5.80. The van der Waals surface area contributed by atoms with Crippen molar-refractivity contribution in [1.29, 1.82) is 0 Å². The highest BCUT2D eigenvalue weighted by Gasteiger charge is 2.23. The first-order chi connectivity index (χ1) is 25.2. The second kappa shape index (κ2) is 8.08. The molecule has 0 spiro atoms. The minimum absolute atomic E-state index is 0.0190. The lowest BCUT2D eigenvalue weighted by molar-refractivity contribution is 0.615. The number of hydrogen-bond donors (Lipinski definition) is 0. The molecule has 0 atom stereocenters. The molecule has 0 saturated heterocycles. The fourth-order valence-corrected chi connectivity index (χ4v) is 5.80. The Morgan fingerprint density at radius 2 is 1.18 bits per heavy atom. The highest BCUT2D eigenvalue weighted by Crippen LogP contribution is 2.49. The van der Waals surface area contributed by atoms with Gasteiger partial charge in [-0.05, 0) is 61.6 Å². The summed E-state index contributed by atoms with van der Waals surface area (Å²) in [7, 11) is 0. The van der Waals surface area contributed by atoms with Gasteiger partial charge in [0, 0.05) is 27.3 Å². The Morgan fingerprint density at radius 1 is 0.500 bits per heavy atom. The Labute approximate surface area is 247 Å². The molecule has 9 aromatic rings. The lowest BCUT2D eigenvalue weighted by Crippen LogP contribution is -1.92. The molecule has 0 amide bonds. The fraction of sp³-hybridized carbons (Fsp3) is 0. The summed E-state index contributed by atoms with van der Waals surface area (Å²) >= 11 is 0. The first-order valence-electron chi connectivity index (χ1n) is 19.0. The number of fused-ring (bicyclic) bond motifs is 8. The minimum atomic E-state index is -0.633. The first kappa shape index (κ1) is 12.7. The van der Waals surface area contributed by atoms with Crippen LogP contribution in [0.2, 0.25) is 0 Å². The van der Waals surface area contributed by atoms with Crippen LogP contribution in [-0.2, 0) is 0 Å². The molecule has 0 aliphatic rings. The summed E-state index contributed by atoms with van der Waals surface area (Å²) in [6.07, 6.45) is 1.50. The van der Waals surface area contributed by atoms with E-state index in [0.717, 1.165) is 5.39 Å². The maximum Gasteiger partial charge on any atom is 0.144 e. The Balaban J connectivity index is 1.64. The molecule has 186 valence electrons. The van der Waals surface area contributed by atoms with Crippen molar-refractivity contribution in [3.8, 4) is 22.3 Å². The number of rotatable bonds is 2. The van der Waals surface area contributed by atoms with E-state index in [0.29, 0.717) is 27.5 Å². The van der Waals surface area contributed by atoms with Crippen LogP contribution in [0.3, 0.4) is 0 Å². The Bertz CT molecular complexity index is 3150. The van der Waals surface area contributed by atoms with Gasteiger partial charge in [0.05, 0.1) is 24.1 Å². The van der Waals surface area contributed by atoms with Gasteiger partial charge in [-0.2, -0.15) is 0 Å². The zero-order valence-electron chi connectivity index (χ0n) is 33.5. The van der Waals surface area contributed by atoms with E-state index in [1.54, 1.807) is 24.3 Å². The van der Waals surface area contributed by atoms with Gasteiger partial charge in [-0.3, -0.25) is 0 Å². The van der Waals surface area contributed by atoms with Crippen molar-refractivity contribution >= 4 is 65.2 Å². The largest absolute Gasteiger partial charge is 0.464 e. The maximum atomic E-state index is 9.37. The van der Waals surface area contributed by atoms with E-state index in [4.69, 9.17) is 21.2 Å². The van der Waals surface area contributed by atoms with Crippen molar-refractivity contribution in [3.05, 3.63) is 133 Å². The van der Waals surface area contributed by atoms with Crippen molar-refractivity contribution < 1.29 is 26.7 Å². The Hall–Kier alpha value is -5.34. The van der Waals surface area contributed by atoms with Crippen LogP contribution in [0.5, 0.6) is 0 Å². The number of benzene rings is 7. The SMILES string of the molecule is [2H]c1cc2c(-c3c4cc([2H])c([2H])c([2H])c4c(-c4cc5occc5c5c4oc4ccccc45)c4c([2H])c([2H])c([2H])c([2H])c34)c([2H])c([2H])c([2H])c2c([2H])c1[2H]. The van der Waals surface area contributed by atoms with Gasteiger partial charge in [-0.25, -0.2) is 0 Å². The van der Waals surface area contributed by atoms with E-state index >= 15 is 0 Å². The number of para-hydroxylation sites is 1. The zero-order valence-corrected chi connectivity index (χ0v) is 20.5. The smallest absolute Gasteiger partial charge is 0.144 e. The minimum Gasteiger partial charge on any atom is -0.464 e. The van der Waals surface area contributed by atoms with Gasteiger partial charge in [0.25, 0.3) is 0 Å². The van der Waals surface area contributed by atoms with Gasteiger partial charge in [-0.15, -0.1) is 0 Å². The van der Waals surface area contributed by atoms with E-state index in [2.05, 4.69) is 0 Å². The first-order valence-corrected chi connectivity index (χ1v) is 12.5. The molecule has 2 nitrogen and oxygen atoms in total. The van der Waals surface area contributed by atoms with Gasteiger partial charge in [0.15, 0.2) is 0 Å². The zero-order chi connectivity index (χ0) is 37.5. The van der Waals surface area contributed by atoms with E-state index in [1.807, 2.05) is 12.1 Å². The molecule has 0 N–H and O–H groups in total. The van der Waals surface area contributed by atoms with E-state index in [-0.39, 0.29) is 54.6 Å². The summed E-state index contributed by atoms with van der Waals surface area (Å²) in [5, 5.41) is 1.55. The van der Waals surface area contributed by atoms with Crippen LogP contribution in [0.25, 0.3) is 87.5 Å². The van der Waals surface area contributed by atoms with Crippen LogP contribution in [0.4, 0.5) is 0 Å². The van der Waals surface area contributed by atoms with Crippen molar-refractivity contribution in [1.82, 2.24) is 0 Å². The van der Waals surface area contributed by atoms with Crippen LogP contribution in [0.1, 0.15) is 17.8 Å². The normalized spacial score (nSPS) is 16.6. The summed E-state index contributed by atoms with van der Waals surface area (Å²) < 4.78 is 128. The third-order valence-electron chi connectivity index (χ3n) is 7.44. The molecule has 40 heavy (non-hydrogen) atoms. The second-order valence-electron chi connectivity index (χ2n) is 9.46. The van der Waals surface area contributed by atoms with Crippen LogP contribution in [0, 0.1) is 0 Å². The van der Waals surface area contributed by atoms with Gasteiger partial charge in [0.1, 0.15) is 16.7 Å². The van der Waals surface area contributed by atoms with Crippen molar-refractivity contribution in [2.24, 2.45) is 0 Å². The van der Waals surface area contributed by atoms with Crippen molar-refractivity contribution in [3.63, 3.8) is 0 Å². The summed E-state index contributed by atoms with van der Waals surface area (Å²) in [6, 6.07) is 6.32. The third kappa shape index (κ3) is 2.88. The Kier molecular flexibility index (Phi) is 2.56. The molecule has 0 fully saturated rings.